The van der Waals surface area contributed by atoms with E-state index >= 15 is 0 Å². The largest absolute Gasteiger partial charge is 0.399 e. The predicted molar refractivity (Wildman–Crippen MR) is 62.8 cm³/mol. The topological polar surface area (TPSA) is 49.8 Å². The van der Waals surface area contributed by atoms with Gasteiger partial charge in [0, 0.05) is 20.2 Å². The van der Waals surface area contributed by atoms with Gasteiger partial charge in [0.25, 0.3) is 0 Å². The SMILES string of the molecule is N#CCc1cc2cc(N)cc(S)c2s1. The normalized spacial score (nSPS) is 10.3. The summed E-state index contributed by atoms with van der Waals surface area (Å²) in [4.78, 5) is 1.94. The molecule has 2 aromatic rings. The molecule has 2 rings (SSSR count). The van der Waals surface area contributed by atoms with Gasteiger partial charge in [0.15, 0.2) is 0 Å². The molecule has 1 heterocycles. The lowest BCUT2D eigenvalue weighted by Gasteiger charge is -1.96. The van der Waals surface area contributed by atoms with E-state index in [2.05, 4.69) is 18.7 Å². The third kappa shape index (κ3) is 1.57. The molecule has 2 nitrogen and oxygen atoms in total. The Morgan fingerprint density at radius 2 is 2.21 bits per heavy atom. The fourth-order valence-corrected chi connectivity index (χ4v) is 2.77. The summed E-state index contributed by atoms with van der Waals surface area (Å²) >= 11 is 5.95. The van der Waals surface area contributed by atoms with Gasteiger partial charge in [0.1, 0.15) is 0 Å². The van der Waals surface area contributed by atoms with E-state index in [4.69, 9.17) is 11.0 Å². The molecule has 0 aliphatic carbocycles. The number of rotatable bonds is 1. The number of thiol groups is 1. The van der Waals surface area contributed by atoms with Crippen LogP contribution >= 0.6 is 24.0 Å². The molecular weight excluding hydrogens is 212 g/mol. The van der Waals surface area contributed by atoms with Crippen LogP contribution in [-0.2, 0) is 6.42 Å². The Morgan fingerprint density at radius 1 is 1.43 bits per heavy atom. The number of hydrogen-bond donors (Lipinski definition) is 2. The number of benzene rings is 1. The molecule has 0 spiro atoms. The molecule has 4 heteroatoms. The number of nitrogen functional groups attached to an aromatic ring is 1. The van der Waals surface area contributed by atoms with Crippen LogP contribution in [0, 0.1) is 11.3 Å². The van der Waals surface area contributed by atoms with Gasteiger partial charge in [0.05, 0.1) is 12.5 Å². The standard InChI is InChI=1S/C10H8N2S2/c11-2-1-8-4-6-3-7(12)5-9(13)10(6)14-8/h3-5,13H,1,12H2. The Morgan fingerprint density at radius 3 is 2.93 bits per heavy atom. The molecular formula is C10H8N2S2. The summed E-state index contributed by atoms with van der Waals surface area (Å²) in [6, 6.07) is 7.87. The summed E-state index contributed by atoms with van der Waals surface area (Å²) in [6.45, 7) is 0. The molecule has 0 aliphatic heterocycles. The van der Waals surface area contributed by atoms with Crippen molar-refractivity contribution >= 4 is 39.7 Å². The molecule has 1 aromatic carbocycles. The minimum Gasteiger partial charge on any atom is -0.399 e. The second-order valence-corrected chi connectivity index (χ2v) is 4.62. The maximum Gasteiger partial charge on any atom is 0.0696 e. The molecule has 0 saturated heterocycles. The Balaban J connectivity index is 2.66. The summed E-state index contributed by atoms with van der Waals surface area (Å²) in [7, 11) is 0. The molecule has 1 aromatic heterocycles. The third-order valence-electron chi connectivity index (χ3n) is 1.92. The van der Waals surface area contributed by atoms with Crippen LogP contribution in [0.5, 0.6) is 0 Å². The monoisotopic (exact) mass is 220 g/mol. The number of hydrogen-bond acceptors (Lipinski definition) is 4. The van der Waals surface area contributed by atoms with E-state index in [-0.39, 0.29) is 0 Å². The van der Waals surface area contributed by atoms with E-state index in [9.17, 15) is 0 Å². The van der Waals surface area contributed by atoms with Crippen LogP contribution in [0.1, 0.15) is 4.88 Å². The van der Waals surface area contributed by atoms with Crippen molar-refractivity contribution in [3.63, 3.8) is 0 Å². The van der Waals surface area contributed by atoms with Crippen LogP contribution < -0.4 is 5.73 Å². The Kier molecular flexibility index (Phi) is 2.36. The highest BCUT2D eigenvalue weighted by molar-refractivity contribution is 7.80. The lowest BCUT2D eigenvalue weighted by atomic mass is 10.2. The first-order valence-corrected chi connectivity index (χ1v) is 5.35. The zero-order chi connectivity index (χ0) is 10.1. The average molecular weight is 220 g/mol. The van der Waals surface area contributed by atoms with Gasteiger partial charge in [-0.1, -0.05) is 0 Å². The van der Waals surface area contributed by atoms with Crippen molar-refractivity contribution in [1.29, 1.82) is 5.26 Å². The van der Waals surface area contributed by atoms with Crippen molar-refractivity contribution < 1.29 is 0 Å². The zero-order valence-corrected chi connectivity index (χ0v) is 9.03. The van der Waals surface area contributed by atoms with Gasteiger partial charge in [-0.3, -0.25) is 0 Å². The van der Waals surface area contributed by atoms with Crippen molar-refractivity contribution in [1.82, 2.24) is 0 Å². The van der Waals surface area contributed by atoms with E-state index < -0.39 is 0 Å². The lowest BCUT2D eigenvalue weighted by molar-refractivity contribution is 1.32. The Labute approximate surface area is 91.4 Å². The molecule has 0 unspecified atom stereocenters. The molecule has 0 bridgehead atoms. The van der Waals surface area contributed by atoms with E-state index in [1.807, 2.05) is 18.2 Å². The number of fused-ring (bicyclic) bond motifs is 1. The van der Waals surface area contributed by atoms with Gasteiger partial charge in [-0.05, 0) is 23.6 Å². The van der Waals surface area contributed by atoms with Crippen LogP contribution in [0.15, 0.2) is 23.1 Å². The average Bonchev–Trinajstić information content (AvgIpc) is 2.48. The van der Waals surface area contributed by atoms with Crippen LogP contribution in [0.3, 0.4) is 0 Å². The summed E-state index contributed by atoms with van der Waals surface area (Å²) in [5, 5.41) is 9.66. The van der Waals surface area contributed by atoms with Crippen molar-refractivity contribution in [2.24, 2.45) is 0 Å². The van der Waals surface area contributed by atoms with Gasteiger partial charge < -0.3 is 5.73 Å². The van der Waals surface area contributed by atoms with Crippen LogP contribution in [-0.4, -0.2) is 0 Å². The fraction of sp³-hybridized carbons (Fsp3) is 0.100. The van der Waals surface area contributed by atoms with Crippen molar-refractivity contribution in [3.05, 3.63) is 23.1 Å². The van der Waals surface area contributed by atoms with Gasteiger partial charge in [-0.15, -0.1) is 24.0 Å². The summed E-state index contributed by atoms with van der Waals surface area (Å²) in [5.41, 5.74) is 6.41. The first kappa shape index (κ1) is 9.38. The maximum atomic E-state index is 8.58. The Bertz CT molecular complexity index is 523. The number of anilines is 1. The quantitative estimate of drug-likeness (QED) is 0.573. The summed E-state index contributed by atoms with van der Waals surface area (Å²) in [6.07, 6.45) is 0.451. The van der Waals surface area contributed by atoms with E-state index in [0.29, 0.717) is 12.1 Å². The highest BCUT2D eigenvalue weighted by Crippen LogP contribution is 2.32. The third-order valence-corrected chi connectivity index (χ3v) is 3.61. The molecule has 70 valence electrons. The molecule has 0 aliphatic rings. The number of nitrogens with zero attached hydrogens (tertiary/aromatic N) is 1. The number of nitrogens with two attached hydrogens (primary N) is 1. The van der Waals surface area contributed by atoms with Crippen LogP contribution in [0.25, 0.3) is 10.1 Å². The molecule has 14 heavy (non-hydrogen) atoms. The smallest absolute Gasteiger partial charge is 0.0696 e. The lowest BCUT2D eigenvalue weighted by Crippen LogP contribution is -1.82. The molecule has 0 fully saturated rings. The van der Waals surface area contributed by atoms with Crippen molar-refractivity contribution in [2.75, 3.05) is 5.73 Å². The summed E-state index contributed by atoms with van der Waals surface area (Å²) < 4.78 is 1.10. The molecule has 0 amide bonds. The first-order chi connectivity index (χ1) is 6.70. The maximum absolute atomic E-state index is 8.58. The molecule has 0 saturated carbocycles. The number of thiophene rings is 1. The van der Waals surface area contributed by atoms with E-state index in [0.717, 1.165) is 19.9 Å². The van der Waals surface area contributed by atoms with Gasteiger partial charge in [-0.25, -0.2) is 0 Å². The highest BCUT2D eigenvalue weighted by atomic mass is 32.1. The summed E-state index contributed by atoms with van der Waals surface area (Å²) in [5.74, 6) is 0. The molecule has 0 radical (unpaired) electrons. The molecule has 0 atom stereocenters. The highest BCUT2D eigenvalue weighted by Gasteiger charge is 2.05. The second kappa shape index (κ2) is 3.52. The predicted octanol–water partition coefficient (Wildman–Crippen LogP) is 2.84. The second-order valence-electron chi connectivity index (χ2n) is 3.01. The van der Waals surface area contributed by atoms with Crippen molar-refractivity contribution in [2.45, 2.75) is 11.3 Å². The minimum atomic E-state index is 0.451. The van der Waals surface area contributed by atoms with Gasteiger partial charge >= 0.3 is 0 Å². The van der Waals surface area contributed by atoms with Crippen molar-refractivity contribution in [3.8, 4) is 6.07 Å². The Hall–Kier alpha value is -1.18. The van der Waals surface area contributed by atoms with Crippen LogP contribution in [0.4, 0.5) is 5.69 Å². The number of nitriles is 1. The molecule has 2 N–H and O–H groups in total. The minimum absolute atomic E-state index is 0.451. The van der Waals surface area contributed by atoms with E-state index in [1.54, 1.807) is 11.3 Å². The van der Waals surface area contributed by atoms with Gasteiger partial charge in [-0.2, -0.15) is 5.26 Å². The zero-order valence-electron chi connectivity index (χ0n) is 7.32. The van der Waals surface area contributed by atoms with Gasteiger partial charge in [0.2, 0.25) is 0 Å². The van der Waals surface area contributed by atoms with Crippen LogP contribution in [0.2, 0.25) is 0 Å². The fourth-order valence-electron chi connectivity index (χ4n) is 1.38. The van der Waals surface area contributed by atoms with E-state index in [1.165, 1.54) is 0 Å². The first-order valence-electron chi connectivity index (χ1n) is 4.08.